The Balaban J connectivity index is 1.87. The van der Waals surface area contributed by atoms with Crippen LogP contribution in [0.3, 0.4) is 0 Å². The number of hydrogen-bond donors (Lipinski definition) is 0. The minimum Gasteiger partial charge on any atom is -0.112 e. The normalized spacial score (nSPS) is 17.5. The van der Waals surface area contributed by atoms with Crippen molar-refractivity contribution in [2.45, 2.75) is 24.7 Å². The van der Waals surface area contributed by atoms with Gasteiger partial charge < -0.3 is 0 Å². The predicted molar refractivity (Wildman–Crippen MR) is 125 cm³/mol. The second-order valence-corrected chi connectivity index (χ2v) is 8.32. The van der Waals surface area contributed by atoms with Crippen molar-refractivity contribution in [3.8, 4) is 0 Å². The molecule has 2 heteroatoms. The number of hydrogen-bond acceptors (Lipinski definition) is 0. The molecule has 0 saturated heterocycles. The second-order valence-electron chi connectivity index (χ2n) is 7.44. The van der Waals surface area contributed by atoms with E-state index in [1.165, 1.54) is 11.1 Å². The van der Waals surface area contributed by atoms with Crippen LogP contribution in [-0.4, -0.2) is 0 Å². The summed E-state index contributed by atoms with van der Waals surface area (Å²) < 4.78 is 0. The summed E-state index contributed by atoms with van der Waals surface area (Å²) in [6, 6.07) is 26.7. The fourth-order valence-electron chi connectivity index (χ4n) is 3.88. The third-order valence-corrected chi connectivity index (χ3v) is 6.08. The van der Waals surface area contributed by atoms with Gasteiger partial charge in [-0.25, -0.2) is 0 Å². The molecule has 0 bridgehead atoms. The number of benzene rings is 3. The monoisotopic (exact) mass is 416 g/mol. The van der Waals surface area contributed by atoms with E-state index in [0.29, 0.717) is 0 Å². The van der Waals surface area contributed by atoms with E-state index in [0.717, 1.165) is 46.0 Å². The summed E-state index contributed by atoms with van der Waals surface area (Å²) in [5.74, 6) is 0. The molecule has 0 aliphatic heterocycles. The van der Waals surface area contributed by atoms with Crippen molar-refractivity contribution in [3.63, 3.8) is 0 Å². The van der Waals surface area contributed by atoms with Crippen LogP contribution >= 0.6 is 23.2 Å². The Morgan fingerprint density at radius 3 is 1.93 bits per heavy atom. The highest BCUT2D eigenvalue weighted by Crippen LogP contribution is 2.57. The molecule has 144 valence electrons. The molecule has 1 atom stereocenters. The number of allylic oxidation sites excluding steroid dienone is 2. The summed E-state index contributed by atoms with van der Waals surface area (Å²) in [5, 5.41) is 1.46. The molecule has 0 amide bonds. The molecule has 0 aromatic heterocycles. The van der Waals surface area contributed by atoms with Crippen LogP contribution in [0, 0.1) is 0 Å². The van der Waals surface area contributed by atoms with Gasteiger partial charge in [-0.05, 0) is 65.8 Å². The van der Waals surface area contributed by atoms with E-state index >= 15 is 0 Å². The molecule has 0 heterocycles. The first kappa shape index (κ1) is 19.8. The van der Waals surface area contributed by atoms with Crippen LogP contribution in [0.15, 0.2) is 103 Å². The first-order valence-electron chi connectivity index (χ1n) is 9.81. The molecule has 3 aromatic carbocycles. The third-order valence-electron chi connectivity index (χ3n) is 5.57. The van der Waals surface area contributed by atoms with Gasteiger partial charge in [0.1, 0.15) is 0 Å². The van der Waals surface area contributed by atoms with Crippen LogP contribution in [0.4, 0.5) is 0 Å². The molecule has 29 heavy (non-hydrogen) atoms. The number of rotatable bonds is 6. The zero-order chi connectivity index (χ0) is 20.3. The van der Waals surface area contributed by atoms with Gasteiger partial charge in [-0.3, -0.25) is 0 Å². The van der Waals surface area contributed by atoms with Crippen molar-refractivity contribution in [1.82, 2.24) is 0 Å². The molecule has 0 N–H and O–H groups in total. The minimum atomic E-state index is 0.0551. The van der Waals surface area contributed by atoms with Gasteiger partial charge >= 0.3 is 0 Å². The molecular formula is C27H22Cl2. The van der Waals surface area contributed by atoms with Gasteiger partial charge in [-0.15, -0.1) is 12.3 Å². The topological polar surface area (TPSA) is 0 Å². The molecular weight excluding hydrogens is 395 g/mol. The van der Waals surface area contributed by atoms with E-state index in [1.54, 1.807) is 0 Å². The van der Waals surface area contributed by atoms with E-state index in [9.17, 15) is 0 Å². The second kappa shape index (κ2) is 8.47. The van der Waals surface area contributed by atoms with Crippen LogP contribution < -0.4 is 0 Å². The minimum absolute atomic E-state index is 0.0551. The SMILES string of the molecule is C=CCCC1(c2ccccc2)CC1=C=C(c1ccc(Cl)cc1)c1ccc(Cl)cc1. The van der Waals surface area contributed by atoms with E-state index in [1.807, 2.05) is 30.3 Å². The molecule has 0 radical (unpaired) electrons. The van der Waals surface area contributed by atoms with Crippen LogP contribution in [0.1, 0.15) is 36.0 Å². The van der Waals surface area contributed by atoms with Crippen LogP contribution in [-0.2, 0) is 5.41 Å². The summed E-state index contributed by atoms with van der Waals surface area (Å²) in [6.45, 7) is 3.92. The first-order valence-corrected chi connectivity index (χ1v) is 10.6. The molecule has 4 rings (SSSR count). The van der Waals surface area contributed by atoms with Crippen LogP contribution in [0.5, 0.6) is 0 Å². The lowest BCUT2D eigenvalue weighted by Crippen LogP contribution is -2.06. The molecule has 1 aliphatic carbocycles. The van der Waals surface area contributed by atoms with Crippen molar-refractivity contribution in [3.05, 3.63) is 130 Å². The first-order chi connectivity index (χ1) is 14.1. The number of halogens is 2. The van der Waals surface area contributed by atoms with Crippen LogP contribution in [0.25, 0.3) is 5.57 Å². The Morgan fingerprint density at radius 2 is 1.41 bits per heavy atom. The van der Waals surface area contributed by atoms with E-state index in [2.05, 4.69) is 66.9 Å². The Hall–Kier alpha value is -2.50. The van der Waals surface area contributed by atoms with Crippen molar-refractivity contribution in [1.29, 1.82) is 0 Å². The zero-order valence-corrected chi connectivity index (χ0v) is 17.7. The molecule has 0 spiro atoms. The molecule has 3 aromatic rings. The lowest BCUT2D eigenvalue weighted by molar-refractivity contribution is 0.653. The quantitative estimate of drug-likeness (QED) is 0.280. The van der Waals surface area contributed by atoms with E-state index < -0.39 is 0 Å². The van der Waals surface area contributed by atoms with Crippen molar-refractivity contribution in [2.24, 2.45) is 0 Å². The highest BCUT2D eigenvalue weighted by molar-refractivity contribution is 6.31. The maximum Gasteiger partial charge on any atom is 0.0406 e. The Labute approximate surface area is 182 Å². The van der Waals surface area contributed by atoms with Gasteiger partial charge in [0, 0.05) is 21.0 Å². The Kier molecular flexibility index (Phi) is 5.79. The standard InChI is InChI=1S/C27H22Cl2/c1-2-3-17-27(22-7-5-4-6-8-22)19-23(27)18-26(20-9-13-24(28)14-10-20)21-11-15-25(29)16-12-21/h2,4-16H,1,3,17,19H2. The fourth-order valence-corrected chi connectivity index (χ4v) is 4.13. The van der Waals surface area contributed by atoms with Crippen molar-refractivity contribution >= 4 is 28.8 Å². The highest BCUT2D eigenvalue weighted by Gasteiger charge is 2.49. The molecule has 1 fully saturated rings. The van der Waals surface area contributed by atoms with E-state index in [-0.39, 0.29) is 5.41 Å². The maximum absolute atomic E-state index is 6.12. The van der Waals surface area contributed by atoms with Gasteiger partial charge in [-0.1, -0.05) is 83.9 Å². The summed E-state index contributed by atoms with van der Waals surface area (Å²) >= 11 is 12.2. The van der Waals surface area contributed by atoms with E-state index in [4.69, 9.17) is 23.2 Å². The molecule has 1 aliphatic rings. The van der Waals surface area contributed by atoms with Crippen molar-refractivity contribution in [2.75, 3.05) is 0 Å². The zero-order valence-electron chi connectivity index (χ0n) is 16.2. The van der Waals surface area contributed by atoms with Gasteiger partial charge in [0.15, 0.2) is 0 Å². The Morgan fingerprint density at radius 1 is 0.862 bits per heavy atom. The lowest BCUT2D eigenvalue weighted by atomic mass is 9.89. The fraction of sp³-hybridized carbons (Fsp3) is 0.148. The highest BCUT2D eigenvalue weighted by atomic mass is 35.5. The Bertz CT molecular complexity index is 1020. The van der Waals surface area contributed by atoms with Gasteiger partial charge in [0.25, 0.3) is 0 Å². The third kappa shape index (κ3) is 4.26. The summed E-state index contributed by atoms with van der Waals surface area (Å²) in [5.41, 5.74) is 9.80. The van der Waals surface area contributed by atoms with Gasteiger partial charge in [0.05, 0.1) is 0 Å². The lowest BCUT2D eigenvalue weighted by Gasteiger charge is -2.14. The average Bonchev–Trinajstić information content (AvgIpc) is 3.46. The van der Waals surface area contributed by atoms with Crippen molar-refractivity contribution < 1.29 is 0 Å². The van der Waals surface area contributed by atoms with Gasteiger partial charge in [-0.2, -0.15) is 0 Å². The molecule has 1 saturated carbocycles. The largest absolute Gasteiger partial charge is 0.112 e. The summed E-state index contributed by atoms with van der Waals surface area (Å²) in [7, 11) is 0. The van der Waals surface area contributed by atoms with Crippen LogP contribution in [0.2, 0.25) is 10.0 Å². The predicted octanol–water partition coefficient (Wildman–Crippen LogP) is 8.26. The molecule has 0 nitrogen and oxygen atoms in total. The molecule has 1 unspecified atom stereocenters. The summed E-state index contributed by atoms with van der Waals surface area (Å²) in [6.07, 6.45) is 5.06. The summed E-state index contributed by atoms with van der Waals surface area (Å²) in [4.78, 5) is 0. The van der Waals surface area contributed by atoms with Gasteiger partial charge in [0.2, 0.25) is 0 Å². The smallest absolute Gasteiger partial charge is 0.0406 e. The maximum atomic E-state index is 6.12. The average molecular weight is 417 g/mol.